The second-order valence-corrected chi connectivity index (χ2v) is 9.05. The number of nitrogens with zero attached hydrogens (tertiary/aromatic N) is 2. The molecule has 0 aliphatic rings. The van der Waals surface area contributed by atoms with Crippen LogP contribution in [0.25, 0.3) is 11.0 Å². The first-order chi connectivity index (χ1) is 10.2. The van der Waals surface area contributed by atoms with Crippen molar-refractivity contribution in [3.63, 3.8) is 0 Å². The van der Waals surface area contributed by atoms with Crippen LogP contribution in [0.4, 0.5) is 0 Å². The molecule has 0 N–H and O–H groups in total. The van der Waals surface area contributed by atoms with Crippen LogP contribution in [0.3, 0.4) is 0 Å². The van der Waals surface area contributed by atoms with Crippen molar-refractivity contribution in [1.82, 2.24) is 9.55 Å². The predicted molar refractivity (Wildman–Crippen MR) is 96.0 cm³/mol. The molecular weight excluding hydrogens is 439 g/mol. The summed E-state index contributed by atoms with van der Waals surface area (Å²) in [5.41, 5.74) is 1.26. The van der Waals surface area contributed by atoms with Crippen LogP contribution in [-0.2, 0) is 21.3 Å². The van der Waals surface area contributed by atoms with Crippen molar-refractivity contribution in [2.75, 3.05) is 12.9 Å². The van der Waals surface area contributed by atoms with E-state index in [-0.39, 0.29) is 11.9 Å². The molecule has 122 valence electrons. The van der Waals surface area contributed by atoms with Gasteiger partial charge in [-0.3, -0.25) is 4.57 Å². The van der Waals surface area contributed by atoms with E-state index in [9.17, 15) is 8.42 Å². The van der Waals surface area contributed by atoms with E-state index in [0.29, 0.717) is 28.6 Å². The van der Waals surface area contributed by atoms with Crippen molar-refractivity contribution in [3.8, 4) is 0 Å². The molecule has 2 aromatic rings. The number of halogens is 2. The Kier molecular flexibility index (Phi) is 5.73. The standard InChI is InChI=1S/C14H18ClIN2O3S/c1-9(2)4-5-21-8-18-13-6-10(15)11(16)7-12(13)17-14(18)22(3,19)20/h6-7,9H,4-5,8H2,1-3H3. The van der Waals surface area contributed by atoms with Gasteiger partial charge in [-0.05, 0) is 47.1 Å². The topological polar surface area (TPSA) is 61.2 Å². The van der Waals surface area contributed by atoms with Crippen LogP contribution < -0.4 is 0 Å². The highest BCUT2D eigenvalue weighted by atomic mass is 127. The number of rotatable bonds is 6. The molecule has 1 heterocycles. The summed E-state index contributed by atoms with van der Waals surface area (Å²) in [6.07, 6.45) is 2.06. The van der Waals surface area contributed by atoms with Crippen LogP contribution in [-0.4, -0.2) is 30.8 Å². The van der Waals surface area contributed by atoms with E-state index in [1.54, 1.807) is 16.7 Å². The smallest absolute Gasteiger partial charge is 0.230 e. The van der Waals surface area contributed by atoms with Gasteiger partial charge in [-0.15, -0.1) is 0 Å². The SMILES string of the molecule is CC(C)CCOCn1c(S(C)(=O)=O)nc2cc(I)c(Cl)cc21. The predicted octanol–water partition coefficient (Wildman–Crippen LogP) is 3.72. The number of imidazole rings is 1. The van der Waals surface area contributed by atoms with Crippen molar-refractivity contribution >= 4 is 55.1 Å². The van der Waals surface area contributed by atoms with Crippen molar-refractivity contribution < 1.29 is 13.2 Å². The molecule has 2 rings (SSSR count). The number of benzene rings is 1. The van der Waals surface area contributed by atoms with Crippen LogP contribution >= 0.6 is 34.2 Å². The second kappa shape index (κ2) is 7.02. The Morgan fingerprint density at radius 3 is 2.68 bits per heavy atom. The van der Waals surface area contributed by atoms with Crippen LogP contribution in [0.2, 0.25) is 5.02 Å². The maximum Gasteiger partial charge on any atom is 0.230 e. The minimum atomic E-state index is -3.45. The Balaban J connectivity index is 2.42. The Labute approximate surface area is 149 Å². The van der Waals surface area contributed by atoms with Gasteiger partial charge in [-0.25, -0.2) is 13.4 Å². The normalized spacial score (nSPS) is 12.5. The number of hydrogen-bond donors (Lipinski definition) is 0. The minimum Gasteiger partial charge on any atom is -0.361 e. The average Bonchev–Trinajstić information content (AvgIpc) is 2.73. The third kappa shape index (κ3) is 4.12. The summed E-state index contributed by atoms with van der Waals surface area (Å²) in [6, 6.07) is 3.50. The fourth-order valence-electron chi connectivity index (χ4n) is 1.98. The lowest BCUT2D eigenvalue weighted by atomic mass is 10.1. The van der Waals surface area contributed by atoms with Crippen molar-refractivity contribution in [1.29, 1.82) is 0 Å². The highest BCUT2D eigenvalue weighted by Gasteiger charge is 2.20. The minimum absolute atomic E-state index is 0.00473. The van der Waals surface area contributed by atoms with Crippen molar-refractivity contribution in [3.05, 3.63) is 20.7 Å². The molecule has 0 saturated carbocycles. The highest BCUT2D eigenvalue weighted by Crippen LogP contribution is 2.27. The molecular formula is C14H18ClIN2O3S. The molecule has 22 heavy (non-hydrogen) atoms. The van der Waals surface area contributed by atoms with Gasteiger partial charge in [0, 0.05) is 16.4 Å². The summed E-state index contributed by atoms with van der Waals surface area (Å²) < 4.78 is 31.9. The van der Waals surface area contributed by atoms with Crippen LogP contribution in [0.5, 0.6) is 0 Å². The Morgan fingerprint density at radius 1 is 1.41 bits per heavy atom. The molecule has 0 fully saturated rings. The van der Waals surface area contributed by atoms with Crippen LogP contribution in [0.15, 0.2) is 17.3 Å². The van der Waals surface area contributed by atoms with Gasteiger partial charge in [0.05, 0.1) is 16.1 Å². The summed E-state index contributed by atoms with van der Waals surface area (Å²) in [5, 5.41) is 0.571. The van der Waals surface area contributed by atoms with E-state index in [2.05, 4.69) is 41.4 Å². The van der Waals surface area contributed by atoms with Crippen molar-refractivity contribution in [2.24, 2.45) is 5.92 Å². The summed E-state index contributed by atoms with van der Waals surface area (Å²) in [7, 11) is -3.45. The molecule has 1 aromatic heterocycles. The molecule has 0 bridgehead atoms. The van der Waals surface area contributed by atoms with Crippen molar-refractivity contribution in [2.45, 2.75) is 32.2 Å². The average molecular weight is 457 g/mol. The third-order valence-corrected chi connectivity index (χ3v) is 5.65. The first kappa shape index (κ1) is 18.0. The Bertz CT molecular complexity index is 787. The van der Waals surface area contributed by atoms with Gasteiger partial charge in [0.15, 0.2) is 0 Å². The summed E-state index contributed by atoms with van der Waals surface area (Å²) in [4.78, 5) is 4.23. The molecule has 0 aliphatic heterocycles. The van der Waals surface area contributed by atoms with Gasteiger partial charge < -0.3 is 4.74 Å². The Hall–Kier alpha value is -0.380. The molecule has 1 aromatic carbocycles. The number of hydrogen-bond acceptors (Lipinski definition) is 4. The number of sulfone groups is 1. The van der Waals surface area contributed by atoms with Crippen LogP contribution in [0, 0.1) is 9.49 Å². The molecule has 0 radical (unpaired) electrons. The molecule has 0 unspecified atom stereocenters. The van der Waals surface area contributed by atoms with E-state index in [1.165, 1.54) is 0 Å². The molecule has 0 amide bonds. The second-order valence-electron chi connectivity index (χ2n) is 5.57. The molecule has 5 nitrogen and oxygen atoms in total. The Morgan fingerprint density at radius 2 is 2.09 bits per heavy atom. The van der Waals surface area contributed by atoms with Gasteiger partial charge >= 0.3 is 0 Å². The largest absolute Gasteiger partial charge is 0.361 e. The quantitative estimate of drug-likeness (QED) is 0.491. The van der Waals surface area contributed by atoms with E-state index < -0.39 is 9.84 Å². The number of aromatic nitrogens is 2. The van der Waals surface area contributed by atoms with Gasteiger partial charge in [0.25, 0.3) is 0 Å². The van der Waals surface area contributed by atoms with E-state index >= 15 is 0 Å². The van der Waals surface area contributed by atoms with E-state index in [1.807, 2.05) is 0 Å². The molecule has 0 spiro atoms. The molecule has 8 heteroatoms. The lowest BCUT2D eigenvalue weighted by Crippen LogP contribution is -2.12. The summed E-state index contributed by atoms with van der Waals surface area (Å²) in [6.45, 7) is 4.93. The fraction of sp³-hybridized carbons (Fsp3) is 0.500. The third-order valence-electron chi connectivity index (χ3n) is 3.15. The first-order valence-corrected chi connectivity index (χ1v) is 10.2. The zero-order valence-corrected chi connectivity index (χ0v) is 16.4. The summed E-state index contributed by atoms with van der Waals surface area (Å²) >= 11 is 8.24. The van der Waals surface area contributed by atoms with Gasteiger partial charge in [0.1, 0.15) is 6.73 Å². The maximum absolute atomic E-state index is 12.0. The molecule has 0 atom stereocenters. The van der Waals surface area contributed by atoms with Gasteiger partial charge in [-0.1, -0.05) is 25.4 Å². The monoisotopic (exact) mass is 456 g/mol. The molecule has 0 aliphatic carbocycles. The number of ether oxygens (including phenoxy) is 1. The van der Waals surface area contributed by atoms with Gasteiger partial charge in [0.2, 0.25) is 15.0 Å². The lowest BCUT2D eigenvalue weighted by molar-refractivity contribution is 0.0663. The van der Waals surface area contributed by atoms with E-state index in [4.69, 9.17) is 16.3 Å². The maximum atomic E-state index is 12.0. The zero-order chi connectivity index (χ0) is 16.5. The first-order valence-electron chi connectivity index (χ1n) is 6.83. The summed E-state index contributed by atoms with van der Waals surface area (Å²) in [5.74, 6) is 0.532. The zero-order valence-electron chi connectivity index (χ0n) is 12.6. The number of fused-ring (bicyclic) bond motifs is 1. The lowest BCUT2D eigenvalue weighted by Gasteiger charge is -2.10. The molecule has 0 saturated heterocycles. The van der Waals surface area contributed by atoms with E-state index in [0.717, 1.165) is 16.2 Å². The van der Waals surface area contributed by atoms with Gasteiger partial charge in [-0.2, -0.15) is 0 Å². The highest BCUT2D eigenvalue weighted by molar-refractivity contribution is 14.1. The fourth-order valence-corrected chi connectivity index (χ4v) is 3.40. The van der Waals surface area contributed by atoms with Crippen LogP contribution in [0.1, 0.15) is 20.3 Å².